The molecule has 0 saturated heterocycles. The summed E-state index contributed by atoms with van der Waals surface area (Å²) in [6.45, 7) is 6.40. The number of nitrogens with one attached hydrogen (secondary N) is 1. The topological polar surface area (TPSA) is 49.4 Å². The van der Waals surface area contributed by atoms with Crippen LogP contribution in [0.15, 0.2) is 41.1 Å². The molecule has 5 heteroatoms. The molecule has 0 saturated carbocycles. The molecule has 1 N–H and O–H groups in total. The van der Waals surface area contributed by atoms with E-state index in [2.05, 4.69) is 5.32 Å². The van der Waals surface area contributed by atoms with Gasteiger partial charge < -0.3 is 10.2 Å². The number of rotatable bonds is 6. The molecule has 0 aliphatic carbocycles. The highest BCUT2D eigenvalue weighted by molar-refractivity contribution is 7.07. The molecular weight excluding hydrogens is 320 g/mol. The Morgan fingerprint density at radius 1 is 1.17 bits per heavy atom. The maximum Gasteiger partial charge on any atom is 0.251 e. The summed E-state index contributed by atoms with van der Waals surface area (Å²) < 4.78 is 0. The Morgan fingerprint density at radius 2 is 1.83 bits per heavy atom. The molecule has 2 aromatic rings. The molecule has 2 rings (SSSR count). The van der Waals surface area contributed by atoms with E-state index in [-0.39, 0.29) is 17.7 Å². The number of carbonyl (C=O) groups excluding carboxylic acids is 2. The highest BCUT2D eigenvalue weighted by atomic mass is 32.1. The maximum absolute atomic E-state index is 12.7. The third-order valence-electron chi connectivity index (χ3n) is 3.91. The van der Waals surface area contributed by atoms with Crippen LogP contribution in [0.2, 0.25) is 0 Å². The van der Waals surface area contributed by atoms with Gasteiger partial charge in [-0.25, -0.2) is 0 Å². The summed E-state index contributed by atoms with van der Waals surface area (Å²) in [7, 11) is 1.77. The second kappa shape index (κ2) is 8.11. The second-order valence-corrected chi connectivity index (χ2v) is 7.17. The average Bonchev–Trinajstić information content (AvgIpc) is 3.05. The van der Waals surface area contributed by atoms with Gasteiger partial charge >= 0.3 is 0 Å². The highest BCUT2D eigenvalue weighted by Gasteiger charge is 2.27. The van der Waals surface area contributed by atoms with Gasteiger partial charge in [-0.3, -0.25) is 9.59 Å². The third kappa shape index (κ3) is 4.68. The zero-order chi connectivity index (χ0) is 17.7. The monoisotopic (exact) mass is 344 g/mol. The molecule has 24 heavy (non-hydrogen) atoms. The van der Waals surface area contributed by atoms with E-state index in [1.165, 1.54) is 0 Å². The van der Waals surface area contributed by atoms with E-state index < -0.39 is 6.04 Å². The van der Waals surface area contributed by atoms with Gasteiger partial charge in [0, 0.05) is 19.2 Å². The van der Waals surface area contributed by atoms with Crippen molar-refractivity contribution in [2.75, 3.05) is 7.05 Å². The Labute approximate surface area is 147 Å². The molecule has 0 aliphatic heterocycles. The van der Waals surface area contributed by atoms with Gasteiger partial charge in [-0.1, -0.05) is 31.5 Å². The summed E-state index contributed by atoms with van der Waals surface area (Å²) in [5.41, 5.74) is 2.77. The SMILES string of the molecule is Cc1ccc(C(=O)N[C@H](C(=O)N(C)Cc2ccsc2)C(C)C)cc1. The van der Waals surface area contributed by atoms with Gasteiger partial charge in [0.15, 0.2) is 0 Å². The Kier molecular flexibility index (Phi) is 6.15. The van der Waals surface area contributed by atoms with E-state index in [0.717, 1.165) is 11.1 Å². The number of benzene rings is 1. The molecule has 4 nitrogen and oxygen atoms in total. The summed E-state index contributed by atoms with van der Waals surface area (Å²) in [4.78, 5) is 26.8. The quantitative estimate of drug-likeness (QED) is 0.872. The first-order valence-electron chi connectivity index (χ1n) is 8.02. The van der Waals surface area contributed by atoms with Gasteiger partial charge in [0.1, 0.15) is 6.04 Å². The van der Waals surface area contributed by atoms with Crippen LogP contribution < -0.4 is 5.32 Å². The first-order chi connectivity index (χ1) is 11.4. The van der Waals surface area contributed by atoms with Gasteiger partial charge in [0.05, 0.1) is 0 Å². The first kappa shape index (κ1) is 18.2. The minimum atomic E-state index is -0.539. The predicted octanol–water partition coefficient (Wildman–Crippen LogP) is 3.47. The Bertz CT molecular complexity index is 678. The van der Waals surface area contributed by atoms with Crippen LogP contribution in [0.3, 0.4) is 0 Å². The number of amides is 2. The van der Waals surface area contributed by atoms with Crippen LogP contribution in [0.25, 0.3) is 0 Å². The summed E-state index contributed by atoms with van der Waals surface area (Å²) in [5.74, 6) is -0.278. The summed E-state index contributed by atoms with van der Waals surface area (Å²) >= 11 is 1.61. The molecule has 0 bridgehead atoms. The lowest BCUT2D eigenvalue weighted by Crippen LogP contribution is -2.50. The molecule has 0 unspecified atom stereocenters. The largest absolute Gasteiger partial charge is 0.340 e. The van der Waals surface area contributed by atoms with Crippen LogP contribution in [-0.2, 0) is 11.3 Å². The van der Waals surface area contributed by atoms with Gasteiger partial charge in [-0.15, -0.1) is 0 Å². The highest BCUT2D eigenvalue weighted by Crippen LogP contribution is 2.12. The number of hydrogen-bond donors (Lipinski definition) is 1. The van der Waals surface area contributed by atoms with Crippen LogP contribution >= 0.6 is 11.3 Å². The molecule has 0 fully saturated rings. The molecule has 1 aromatic carbocycles. The normalized spacial score (nSPS) is 12.0. The van der Waals surface area contributed by atoms with Crippen LogP contribution in [0.4, 0.5) is 0 Å². The molecule has 0 radical (unpaired) electrons. The fraction of sp³-hybridized carbons (Fsp3) is 0.368. The third-order valence-corrected chi connectivity index (χ3v) is 4.64. The molecule has 0 aliphatic rings. The van der Waals surface area contributed by atoms with Gasteiger partial charge in [0.2, 0.25) is 5.91 Å². The molecule has 128 valence electrons. The number of aryl methyl sites for hydroxylation is 1. The standard InChI is InChI=1S/C19H24N2O2S/c1-13(2)17(19(23)21(4)11-15-9-10-24-12-15)20-18(22)16-7-5-14(3)6-8-16/h5-10,12-13,17H,11H2,1-4H3,(H,20,22)/t17-/m0/s1. The van der Waals surface area contributed by atoms with E-state index in [0.29, 0.717) is 12.1 Å². The fourth-order valence-corrected chi connectivity index (χ4v) is 3.07. The first-order valence-corrected chi connectivity index (χ1v) is 8.96. The number of hydrogen-bond acceptors (Lipinski definition) is 3. The lowest BCUT2D eigenvalue weighted by atomic mass is 10.0. The number of thiophene rings is 1. The van der Waals surface area contributed by atoms with Crippen molar-refractivity contribution in [3.63, 3.8) is 0 Å². The van der Waals surface area contributed by atoms with Crippen LogP contribution in [0.5, 0.6) is 0 Å². The van der Waals surface area contributed by atoms with Crippen LogP contribution in [-0.4, -0.2) is 29.8 Å². The second-order valence-electron chi connectivity index (χ2n) is 6.39. The lowest BCUT2D eigenvalue weighted by molar-refractivity contribution is -0.133. The number of nitrogens with zero attached hydrogens (tertiary/aromatic N) is 1. The molecular formula is C19H24N2O2S. The minimum absolute atomic E-state index is 0.0109. The van der Waals surface area contributed by atoms with Crippen molar-refractivity contribution < 1.29 is 9.59 Å². The molecule has 2 amide bonds. The van der Waals surface area contributed by atoms with Crippen molar-refractivity contribution >= 4 is 23.2 Å². The summed E-state index contributed by atoms with van der Waals surface area (Å²) in [6.07, 6.45) is 0. The number of likely N-dealkylation sites (N-methyl/N-ethyl adjacent to an activating group) is 1. The van der Waals surface area contributed by atoms with E-state index in [9.17, 15) is 9.59 Å². The zero-order valence-electron chi connectivity index (χ0n) is 14.6. The summed E-state index contributed by atoms with van der Waals surface area (Å²) in [5, 5.41) is 6.90. The van der Waals surface area contributed by atoms with Crippen molar-refractivity contribution in [3.8, 4) is 0 Å². The summed E-state index contributed by atoms with van der Waals surface area (Å²) in [6, 6.07) is 8.81. The Morgan fingerprint density at radius 3 is 2.38 bits per heavy atom. The van der Waals surface area contributed by atoms with Gasteiger partial charge in [-0.05, 0) is 47.4 Å². The van der Waals surface area contributed by atoms with E-state index in [1.54, 1.807) is 35.4 Å². The lowest BCUT2D eigenvalue weighted by Gasteiger charge is -2.27. The number of carbonyl (C=O) groups is 2. The molecule has 1 heterocycles. The van der Waals surface area contributed by atoms with Crippen molar-refractivity contribution in [1.82, 2.24) is 10.2 Å². The van der Waals surface area contributed by atoms with Gasteiger partial charge in [-0.2, -0.15) is 11.3 Å². The Balaban J connectivity index is 2.06. The minimum Gasteiger partial charge on any atom is -0.340 e. The smallest absolute Gasteiger partial charge is 0.251 e. The average molecular weight is 344 g/mol. The van der Waals surface area contributed by atoms with Crippen molar-refractivity contribution in [2.24, 2.45) is 5.92 Å². The predicted molar refractivity (Wildman–Crippen MR) is 98.1 cm³/mol. The Hall–Kier alpha value is -2.14. The van der Waals surface area contributed by atoms with Crippen molar-refractivity contribution in [2.45, 2.75) is 33.4 Å². The van der Waals surface area contributed by atoms with E-state index in [4.69, 9.17) is 0 Å². The van der Waals surface area contributed by atoms with E-state index >= 15 is 0 Å². The molecule has 1 atom stereocenters. The van der Waals surface area contributed by atoms with Crippen LogP contribution in [0.1, 0.15) is 35.3 Å². The van der Waals surface area contributed by atoms with E-state index in [1.807, 2.05) is 49.7 Å². The zero-order valence-corrected chi connectivity index (χ0v) is 15.4. The fourth-order valence-electron chi connectivity index (χ4n) is 2.41. The van der Waals surface area contributed by atoms with Crippen molar-refractivity contribution in [1.29, 1.82) is 0 Å². The van der Waals surface area contributed by atoms with Crippen molar-refractivity contribution in [3.05, 3.63) is 57.8 Å². The van der Waals surface area contributed by atoms with Crippen LogP contribution in [0, 0.1) is 12.8 Å². The maximum atomic E-state index is 12.7. The van der Waals surface area contributed by atoms with Gasteiger partial charge in [0.25, 0.3) is 5.91 Å². The molecule has 0 spiro atoms. The molecule has 1 aromatic heterocycles.